The number of hydrogen-bond donors (Lipinski definition) is 1. The van der Waals surface area contributed by atoms with Crippen molar-refractivity contribution >= 4 is 15.7 Å². The van der Waals surface area contributed by atoms with Gasteiger partial charge in [0.05, 0.1) is 11.5 Å². The van der Waals surface area contributed by atoms with Crippen LogP contribution in [0, 0.1) is 5.92 Å². The molecule has 114 valence electrons. The van der Waals surface area contributed by atoms with Crippen molar-refractivity contribution < 1.29 is 22.7 Å². The van der Waals surface area contributed by atoms with Gasteiger partial charge in [-0.25, -0.2) is 8.42 Å². The summed E-state index contributed by atoms with van der Waals surface area (Å²) in [6.07, 6.45) is -0.0917. The van der Waals surface area contributed by atoms with Crippen LogP contribution in [0.3, 0.4) is 0 Å². The zero-order valence-electron chi connectivity index (χ0n) is 11.4. The van der Waals surface area contributed by atoms with Crippen molar-refractivity contribution in [2.24, 2.45) is 5.92 Å². The van der Waals surface area contributed by atoms with Crippen LogP contribution in [0.1, 0.15) is 6.42 Å². The second-order valence-corrected chi connectivity index (χ2v) is 7.61. The zero-order chi connectivity index (χ0) is 14.9. The number of fused-ring (bicyclic) bond motifs is 1. The van der Waals surface area contributed by atoms with E-state index in [2.05, 4.69) is 5.32 Å². The molecule has 1 saturated heterocycles. The number of carbonyl (C=O) groups is 1. The Labute approximate surface area is 123 Å². The average Bonchev–Trinajstić information content (AvgIpc) is 2.83. The minimum absolute atomic E-state index is 0.00394. The molecule has 2 heterocycles. The SMILES string of the molecule is O=C(NC[C@@H]1CCS(=O)(=O)C1)[C@@H]1COc2ccccc2O1. The maximum Gasteiger partial charge on any atom is 0.264 e. The van der Waals surface area contributed by atoms with Crippen LogP contribution >= 0.6 is 0 Å². The van der Waals surface area contributed by atoms with Crippen molar-refractivity contribution in [1.82, 2.24) is 5.32 Å². The summed E-state index contributed by atoms with van der Waals surface area (Å²) in [5.74, 6) is 1.27. The third kappa shape index (κ3) is 3.29. The van der Waals surface area contributed by atoms with Crippen LogP contribution in [0.25, 0.3) is 0 Å². The van der Waals surface area contributed by atoms with Gasteiger partial charge in [-0.05, 0) is 24.5 Å². The normalized spacial score (nSPS) is 26.3. The Hall–Kier alpha value is -1.76. The third-order valence-corrected chi connectivity index (χ3v) is 5.53. The molecule has 2 aliphatic rings. The first kappa shape index (κ1) is 14.2. The first-order valence-corrected chi connectivity index (χ1v) is 8.72. The monoisotopic (exact) mass is 311 g/mol. The van der Waals surface area contributed by atoms with Crippen molar-refractivity contribution in [2.75, 3.05) is 24.7 Å². The fourth-order valence-corrected chi connectivity index (χ4v) is 4.40. The van der Waals surface area contributed by atoms with Crippen LogP contribution in [0.2, 0.25) is 0 Å². The topological polar surface area (TPSA) is 81.7 Å². The number of rotatable bonds is 3. The van der Waals surface area contributed by atoms with Gasteiger partial charge in [0.15, 0.2) is 21.3 Å². The highest BCUT2D eigenvalue weighted by Crippen LogP contribution is 2.30. The molecular formula is C14H17NO5S. The Kier molecular flexibility index (Phi) is 3.75. The van der Waals surface area contributed by atoms with Gasteiger partial charge in [-0.2, -0.15) is 0 Å². The van der Waals surface area contributed by atoms with Gasteiger partial charge in [0.1, 0.15) is 6.61 Å². The molecule has 21 heavy (non-hydrogen) atoms. The summed E-state index contributed by atoms with van der Waals surface area (Å²) in [7, 11) is -2.92. The predicted molar refractivity (Wildman–Crippen MR) is 76.1 cm³/mol. The van der Waals surface area contributed by atoms with E-state index in [1.165, 1.54) is 0 Å². The molecule has 0 radical (unpaired) electrons. The second kappa shape index (κ2) is 5.55. The molecule has 1 aromatic rings. The molecule has 0 saturated carbocycles. The Bertz CT molecular complexity index is 643. The summed E-state index contributed by atoms with van der Waals surface area (Å²) < 4.78 is 33.8. The molecule has 0 spiro atoms. The van der Waals surface area contributed by atoms with Gasteiger partial charge in [0.2, 0.25) is 6.10 Å². The van der Waals surface area contributed by atoms with E-state index in [4.69, 9.17) is 9.47 Å². The number of nitrogens with one attached hydrogen (secondary N) is 1. The van der Waals surface area contributed by atoms with Crippen LogP contribution < -0.4 is 14.8 Å². The molecular weight excluding hydrogens is 294 g/mol. The number of amides is 1. The lowest BCUT2D eigenvalue weighted by Crippen LogP contribution is -2.45. The summed E-state index contributed by atoms with van der Waals surface area (Å²) in [6, 6.07) is 7.18. The molecule has 3 rings (SSSR count). The van der Waals surface area contributed by atoms with Crippen molar-refractivity contribution in [3.63, 3.8) is 0 Å². The maximum atomic E-state index is 12.1. The second-order valence-electron chi connectivity index (χ2n) is 5.38. The fraction of sp³-hybridized carbons (Fsp3) is 0.500. The van der Waals surface area contributed by atoms with Crippen LogP contribution in [-0.2, 0) is 14.6 Å². The van der Waals surface area contributed by atoms with Gasteiger partial charge in [-0.1, -0.05) is 12.1 Å². The molecule has 1 amide bonds. The highest BCUT2D eigenvalue weighted by Gasteiger charge is 2.31. The Balaban J connectivity index is 1.53. The molecule has 1 fully saturated rings. The number of hydrogen-bond acceptors (Lipinski definition) is 5. The quantitative estimate of drug-likeness (QED) is 0.872. The van der Waals surface area contributed by atoms with Gasteiger partial charge in [-0.15, -0.1) is 0 Å². The predicted octanol–water partition coefficient (Wildman–Crippen LogP) is 0.377. The van der Waals surface area contributed by atoms with Crippen LogP contribution in [-0.4, -0.2) is 45.1 Å². The number of sulfone groups is 1. The van der Waals surface area contributed by atoms with Crippen LogP contribution in [0.15, 0.2) is 24.3 Å². The van der Waals surface area contributed by atoms with Gasteiger partial charge in [0.25, 0.3) is 5.91 Å². The van der Waals surface area contributed by atoms with E-state index >= 15 is 0 Å². The smallest absolute Gasteiger partial charge is 0.264 e. The molecule has 0 aromatic heterocycles. The fourth-order valence-electron chi connectivity index (χ4n) is 2.54. The lowest BCUT2D eigenvalue weighted by molar-refractivity contribution is -0.130. The van der Waals surface area contributed by atoms with Gasteiger partial charge in [0, 0.05) is 6.54 Å². The molecule has 7 heteroatoms. The molecule has 1 N–H and O–H groups in total. The standard InChI is InChI=1S/C14H17NO5S/c16-14(15-7-10-5-6-21(17,18)9-10)13-8-19-11-3-1-2-4-12(11)20-13/h1-4,10,13H,5-9H2,(H,15,16)/t10-,13-/m0/s1. The lowest BCUT2D eigenvalue weighted by atomic mass is 10.1. The minimum Gasteiger partial charge on any atom is -0.485 e. The Morgan fingerprint density at radius 3 is 2.76 bits per heavy atom. The van der Waals surface area contributed by atoms with E-state index in [9.17, 15) is 13.2 Å². The maximum absolute atomic E-state index is 12.1. The van der Waals surface area contributed by atoms with E-state index in [0.29, 0.717) is 24.5 Å². The summed E-state index contributed by atoms with van der Waals surface area (Å²) in [6.45, 7) is 0.519. The van der Waals surface area contributed by atoms with E-state index in [1.807, 2.05) is 12.1 Å². The number of carbonyl (C=O) groups excluding carboxylic acids is 1. The average molecular weight is 311 g/mol. The molecule has 6 nitrogen and oxygen atoms in total. The molecule has 1 aromatic carbocycles. The summed E-state index contributed by atoms with van der Waals surface area (Å²) >= 11 is 0. The third-order valence-electron chi connectivity index (χ3n) is 3.69. The largest absolute Gasteiger partial charge is 0.485 e. The van der Waals surface area contributed by atoms with Gasteiger partial charge >= 0.3 is 0 Å². The molecule has 2 atom stereocenters. The number of ether oxygens (including phenoxy) is 2. The zero-order valence-corrected chi connectivity index (χ0v) is 12.3. The summed E-state index contributed by atoms with van der Waals surface area (Å²) in [4.78, 5) is 12.1. The Morgan fingerprint density at radius 1 is 1.29 bits per heavy atom. The summed E-state index contributed by atoms with van der Waals surface area (Å²) in [5.41, 5.74) is 0. The van der Waals surface area contributed by atoms with Crippen molar-refractivity contribution in [1.29, 1.82) is 0 Å². The molecule has 0 bridgehead atoms. The van der Waals surface area contributed by atoms with Gasteiger partial charge in [-0.3, -0.25) is 4.79 Å². The summed E-state index contributed by atoms with van der Waals surface area (Å²) in [5, 5.41) is 2.75. The van der Waals surface area contributed by atoms with Crippen molar-refractivity contribution in [2.45, 2.75) is 12.5 Å². The van der Waals surface area contributed by atoms with E-state index < -0.39 is 15.9 Å². The van der Waals surface area contributed by atoms with Crippen molar-refractivity contribution in [3.8, 4) is 11.5 Å². The minimum atomic E-state index is -2.92. The molecule has 2 aliphatic heterocycles. The van der Waals surface area contributed by atoms with Gasteiger partial charge < -0.3 is 14.8 Å². The number of para-hydroxylation sites is 2. The van der Waals surface area contributed by atoms with E-state index in [-0.39, 0.29) is 29.9 Å². The number of benzene rings is 1. The molecule has 0 unspecified atom stereocenters. The first-order chi connectivity index (χ1) is 10.0. The lowest BCUT2D eigenvalue weighted by Gasteiger charge is -2.25. The van der Waals surface area contributed by atoms with Crippen molar-refractivity contribution in [3.05, 3.63) is 24.3 Å². The molecule has 0 aliphatic carbocycles. The first-order valence-electron chi connectivity index (χ1n) is 6.90. The highest BCUT2D eigenvalue weighted by molar-refractivity contribution is 7.91. The highest BCUT2D eigenvalue weighted by atomic mass is 32.2. The van der Waals surface area contributed by atoms with Crippen LogP contribution in [0.5, 0.6) is 11.5 Å². The Morgan fingerprint density at radius 2 is 2.05 bits per heavy atom. The van der Waals surface area contributed by atoms with E-state index in [0.717, 1.165) is 0 Å². The van der Waals surface area contributed by atoms with E-state index in [1.54, 1.807) is 12.1 Å². The van der Waals surface area contributed by atoms with Crippen LogP contribution in [0.4, 0.5) is 0 Å².